The Morgan fingerprint density at radius 2 is 2.20 bits per heavy atom. The summed E-state index contributed by atoms with van der Waals surface area (Å²) in [6.07, 6.45) is 0. The summed E-state index contributed by atoms with van der Waals surface area (Å²) in [5, 5.41) is 13.9. The molecule has 20 heavy (non-hydrogen) atoms. The first-order chi connectivity index (χ1) is 9.63. The fourth-order valence-corrected chi connectivity index (χ4v) is 1.70. The third kappa shape index (κ3) is 3.01. The normalized spacial score (nSPS) is 10.1. The lowest BCUT2D eigenvalue weighted by molar-refractivity contribution is -0.384. The molecule has 0 aliphatic carbocycles. The maximum absolute atomic E-state index is 11.0. The first-order valence-electron chi connectivity index (χ1n) is 5.89. The van der Waals surface area contributed by atoms with Crippen LogP contribution in [-0.4, -0.2) is 17.0 Å². The maximum Gasteiger partial charge on any atom is 0.311 e. The second kappa shape index (κ2) is 5.98. The molecule has 0 unspecified atom stereocenters. The first kappa shape index (κ1) is 13.8. The van der Waals surface area contributed by atoms with Crippen LogP contribution in [-0.2, 0) is 6.54 Å². The van der Waals surface area contributed by atoms with Crippen molar-refractivity contribution >= 4 is 17.2 Å². The van der Waals surface area contributed by atoms with Crippen molar-refractivity contribution in [1.29, 1.82) is 0 Å². The van der Waals surface area contributed by atoms with Crippen molar-refractivity contribution in [2.24, 2.45) is 5.73 Å². The summed E-state index contributed by atoms with van der Waals surface area (Å²) < 4.78 is 4.98. The molecular formula is C13H14N4O3. The quantitative estimate of drug-likeness (QED) is 0.640. The van der Waals surface area contributed by atoms with E-state index >= 15 is 0 Å². The smallest absolute Gasteiger partial charge is 0.311 e. The predicted octanol–water partition coefficient (Wildman–Crippen LogP) is 2.20. The first-order valence-corrected chi connectivity index (χ1v) is 5.89. The fraction of sp³-hybridized carbons (Fsp3) is 0.154. The van der Waals surface area contributed by atoms with Gasteiger partial charge in [0.1, 0.15) is 0 Å². The third-order valence-electron chi connectivity index (χ3n) is 2.68. The topological polar surface area (TPSA) is 103 Å². The number of anilines is 2. The zero-order valence-electron chi connectivity index (χ0n) is 10.9. The van der Waals surface area contributed by atoms with Crippen molar-refractivity contribution in [2.75, 3.05) is 12.4 Å². The number of nitrogens with one attached hydrogen (secondary N) is 1. The van der Waals surface area contributed by atoms with Gasteiger partial charge in [0, 0.05) is 24.4 Å². The summed E-state index contributed by atoms with van der Waals surface area (Å²) in [4.78, 5) is 14.6. The van der Waals surface area contributed by atoms with E-state index in [4.69, 9.17) is 10.5 Å². The second-order valence-corrected chi connectivity index (χ2v) is 4.01. The van der Waals surface area contributed by atoms with Gasteiger partial charge in [-0.1, -0.05) is 12.1 Å². The second-order valence-electron chi connectivity index (χ2n) is 4.01. The van der Waals surface area contributed by atoms with E-state index in [-0.39, 0.29) is 11.5 Å². The van der Waals surface area contributed by atoms with Gasteiger partial charge in [0.05, 0.1) is 12.0 Å². The van der Waals surface area contributed by atoms with Crippen LogP contribution in [0.1, 0.15) is 5.56 Å². The Kier molecular flexibility index (Phi) is 4.11. The molecule has 3 N–H and O–H groups in total. The molecule has 0 aliphatic rings. The van der Waals surface area contributed by atoms with Gasteiger partial charge >= 0.3 is 5.69 Å². The molecule has 0 spiro atoms. The van der Waals surface area contributed by atoms with E-state index in [2.05, 4.69) is 10.3 Å². The Hall–Kier alpha value is -2.67. The predicted molar refractivity (Wildman–Crippen MR) is 75.1 cm³/mol. The van der Waals surface area contributed by atoms with Gasteiger partial charge in [-0.3, -0.25) is 10.1 Å². The van der Waals surface area contributed by atoms with Crippen molar-refractivity contribution in [1.82, 2.24) is 4.98 Å². The number of benzene rings is 1. The summed E-state index contributed by atoms with van der Waals surface area (Å²) in [7, 11) is 1.45. The molecule has 7 heteroatoms. The van der Waals surface area contributed by atoms with E-state index < -0.39 is 4.92 Å². The van der Waals surface area contributed by atoms with E-state index in [9.17, 15) is 10.1 Å². The number of nitrogens with zero attached hydrogens (tertiary/aromatic N) is 2. The van der Waals surface area contributed by atoms with Crippen LogP contribution in [0.25, 0.3) is 0 Å². The van der Waals surface area contributed by atoms with Gasteiger partial charge in [-0.15, -0.1) is 0 Å². The van der Waals surface area contributed by atoms with Crippen LogP contribution >= 0.6 is 0 Å². The van der Waals surface area contributed by atoms with E-state index in [1.54, 1.807) is 6.07 Å². The van der Waals surface area contributed by atoms with Crippen LogP contribution in [0.3, 0.4) is 0 Å². The number of hydrogen-bond acceptors (Lipinski definition) is 6. The van der Waals surface area contributed by atoms with Crippen molar-refractivity contribution in [3.63, 3.8) is 0 Å². The van der Waals surface area contributed by atoms with Gasteiger partial charge in [0.15, 0.2) is 0 Å². The summed E-state index contributed by atoms with van der Waals surface area (Å²) in [5.74, 6) is 0.427. The zero-order chi connectivity index (χ0) is 14.5. The van der Waals surface area contributed by atoms with E-state index in [1.165, 1.54) is 19.2 Å². The van der Waals surface area contributed by atoms with Crippen LogP contribution in [0.2, 0.25) is 0 Å². The molecule has 104 valence electrons. The fourth-order valence-electron chi connectivity index (χ4n) is 1.70. The highest BCUT2D eigenvalue weighted by Gasteiger charge is 2.16. The summed E-state index contributed by atoms with van der Waals surface area (Å²) in [6, 6.07) is 10.1. The van der Waals surface area contributed by atoms with Crippen molar-refractivity contribution in [3.05, 3.63) is 52.1 Å². The highest BCUT2D eigenvalue weighted by Crippen LogP contribution is 2.28. The molecule has 2 rings (SSSR count). The Morgan fingerprint density at radius 3 is 2.85 bits per heavy atom. The minimum absolute atomic E-state index is 0.121. The van der Waals surface area contributed by atoms with Gasteiger partial charge in [-0.25, -0.2) is 0 Å². The Balaban J connectivity index is 2.37. The molecule has 2 aromatic rings. The van der Waals surface area contributed by atoms with E-state index in [1.807, 2.05) is 18.2 Å². The molecule has 0 amide bonds. The Labute approximate surface area is 115 Å². The lowest BCUT2D eigenvalue weighted by Gasteiger charge is -2.08. The van der Waals surface area contributed by atoms with E-state index in [0.717, 1.165) is 5.56 Å². The molecule has 0 saturated heterocycles. The van der Waals surface area contributed by atoms with Gasteiger partial charge in [-0.05, 0) is 17.7 Å². The number of rotatable bonds is 5. The lowest BCUT2D eigenvalue weighted by Crippen LogP contribution is -2.02. The van der Waals surface area contributed by atoms with E-state index in [0.29, 0.717) is 18.1 Å². The molecular weight excluding hydrogens is 260 g/mol. The molecule has 1 aromatic heterocycles. The van der Waals surface area contributed by atoms with Crippen LogP contribution in [0, 0.1) is 10.1 Å². The van der Waals surface area contributed by atoms with Crippen LogP contribution in [0.4, 0.5) is 17.2 Å². The molecule has 0 radical (unpaired) electrons. The Bertz CT molecular complexity index is 631. The molecule has 7 nitrogen and oxygen atoms in total. The van der Waals surface area contributed by atoms with Gasteiger partial charge in [0.2, 0.25) is 11.7 Å². The molecule has 0 saturated carbocycles. The molecule has 1 aromatic carbocycles. The molecule has 0 atom stereocenters. The molecule has 0 bridgehead atoms. The molecule has 0 fully saturated rings. The van der Waals surface area contributed by atoms with Crippen LogP contribution in [0.5, 0.6) is 5.88 Å². The number of ether oxygens (including phenoxy) is 1. The van der Waals surface area contributed by atoms with Crippen LogP contribution in [0.15, 0.2) is 36.4 Å². The number of aromatic nitrogens is 1. The molecule has 1 heterocycles. The average molecular weight is 274 g/mol. The van der Waals surface area contributed by atoms with Crippen LogP contribution < -0.4 is 15.8 Å². The largest absolute Gasteiger partial charge is 0.481 e. The highest BCUT2D eigenvalue weighted by atomic mass is 16.6. The summed E-state index contributed by atoms with van der Waals surface area (Å²) in [6.45, 7) is 0.392. The number of nitrogens with two attached hydrogens (primary N) is 1. The standard InChI is InChI=1S/C13H14N4O3/c1-20-12-6-5-11(17(18)19)13(16-12)15-10-4-2-3-9(7-10)8-14/h2-7H,8,14H2,1H3,(H,15,16). The lowest BCUT2D eigenvalue weighted by atomic mass is 10.2. The SMILES string of the molecule is COc1ccc([N+](=O)[O-])c(Nc2cccc(CN)c2)n1. The minimum Gasteiger partial charge on any atom is -0.481 e. The molecule has 0 aliphatic heterocycles. The highest BCUT2D eigenvalue weighted by molar-refractivity contribution is 5.66. The van der Waals surface area contributed by atoms with Gasteiger partial charge in [-0.2, -0.15) is 4.98 Å². The minimum atomic E-state index is -0.498. The Morgan fingerprint density at radius 1 is 1.40 bits per heavy atom. The van der Waals surface area contributed by atoms with Crippen molar-refractivity contribution < 1.29 is 9.66 Å². The zero-order valence-corrected chi connectivity index (χ0v) is 10.9. The van der Waals surface area contributed by atoms with Crippen molar-refractivity contribution in [3.8, 4) is 5.88 Å². The van der Waals surface area contributed by atoms with Gasteiger partial charge < -0.3 is 15.8 Å². The maximum atomic E-state index is 11.0. The number of pyridine rings is 1. The number of hydrogen-bond donors (Lipinski definition) is 2. The number of methoxy groups -OCH3 is 1. The van der Waals surface area contributed by atoms with Crippen molar-refractivity contribution in [2.45, 2.75) is 6.54 Å². The average Bonchev–Trinajstić information content (AvgIpc) is 2.47. The monoisotopic (exact) mass is 274 g/mol. The third-order valence-corrected chi connectivity index (χ3v) is 2.68. The summed E-state index contributed by atoms with van der Waals surface area (Å²) in [5.41, 5.74) is 7.04. The number of nitro groups is 1. The van der Waals surface area contributed by atoms with Gasteiger partial charge in [0.25, 0.3) is 0 Å². The summed E-state index contributed by atoms with van der Waals surface area (Å²) >= 11 is 0.